The quantitative estimate of drug-likeness (QED) is 0.242. The molecule has 7 nitrogen and oxygen atoms in total. The van der Waals surface area contributed by atoms with Crippen LogP contribution in [0.1, 0.15) is 54.5 Å². The average Bonchev–Trinajstić information content (AvgIpc) is 3.31. The summed E-state index contributed by atoms with van der Waals surface area (Å²) in [6.45, 7) is 5.54. The van der Waals surface area contributed by atoms with Crippen LogP contribution in [0.4, 0.5) is 0 Å². The van der Waals surface area contributed by atoms with Crippen molar-refractivity contribution >= 4 is 16.9 Å². The molecule has 4 rings (SSSR count). The highest BCUT2D eigenvalue weighted by molar-refractivity contribution is 5.95. The van der Waals surface area contributed by atoms with Gasteiger partial charge in [0.15, 0.2) is 11.5 Å². The van der Waals surface area contributed by atoms with E-state index in [1.807, 2.05) is 37.3 Å². The summed E-state index contributed by atoms with van der Waals surface area (Å²) >= 11 is 0. The van der Waals surface area contributed by atoms with Gasteiger partial charge in [-0.2, -0.15) is 0 Å². The highest BCUT2D eigenvalue weighted by atomic mass is 16.5. The number of nitrogens with one attached hydrogen (secondary N) is 1. The summed E-state index contributed by atoms with van der Waals surface area (Å²) in [6, 6.07) is 21.2. The van der Waals surface area contributed by atoms with Crippen molar-refractivity contribution in [2.75, 3.05) is 20.8 Å². The standard InChI is InChI=1S/C30H35N3O4/c1-5-22-12-15-24(16-13-22)37-19-9-8-18-33-26-11-7-6-10-25(26)32-29(33)21(2)31-30(34)23-14-17-27(35-3)28(20-23)36-4/h6-7,10-17,20-21H,5,8-9,18-19H2,1-4H3,(H,31,34). The Morgan fingerprint density at radius 1 is 0.973 bits per heavy atom. The monoisotopic (exact) mass is 501 g/mol. The van der Waals surface area contributed by atoms with Crippen LogP contribution in [-0.4, -0.2) is 36.3 Å². The Bertz CT molecular complexity index is 1330. The molecule has 194 valence electrons. The molecule has 37 heavy (non-hydrogen) atoms. The number of carbonyl (C=O) groups excluding carboxylic acids is 1. The van der Waals surface area contributed by atoms with Crippen molar-refractivity contribution in [3.05, 3.63) is 83.7 Å². The van der Waals surface area contributed by atoms with Crippen LogP contribution in [0.2, 0.25) is 0 Å². The summed E-state index contributed by atoms with van der Waals surface area (Å²) in [5.41, 5.74) is 3.77. The zero-order chi connectivity index (χ0) is 26.2. The maximum absolute atomic E-state index is 13.0. The summed E-state index contributed by atoms with van der Waals surface area (Å²) in [5.74, 6) is 2.62. The summed E-state index contributed by atoms with van der Waals surface area (Å²) < 4.78 is 18.8. The molecule has 1 unspecified atom stereocenters. The molecule has 0 radical (unpaired) electrons. The number of benzene rings is 3. The largest absolute Gasteiger partial charge is 0.494 e. The van der Waals surface area contributed by atoms with Crippen LogP contribution in [0.25, 0.3) is 11.0 Å². The predicted octanol–water partition coefficient (Wildman–Crippen LogP) is 5.97. The predicted molar refractivity (Wildman–Crippen MR) is 146 cm³/mol. The highest BCUT2D eigenvalue weighted by Crippen LogP contribution is 2.28. The maximum atomic E-state index is 13.0. The lowest BCUT2D eigenvalue weighted by molar-refractivity contribution is 0.0937. The Kier molecular flexibility index (Phi) is 8.67. The zero-order valence-corrected chi connectivity index (χ0v) is 22.0. The fraction of sp³-hybridized carbons (Fsp3) is 0.333. The number of aryl methyl sites for hydroxylation is 2. The smallest absolute Gasteiger partial charge is 0.251 e. The zero-order valence-electron chi connectivity index (χ0n) is 22.0. The lowest BCUT2D eigenvalue weighted by Crippen LogP contribution is -2.28. The van der Waals surface area contributed by atoms with E-state index in [1.165, 1.54) is 5.56 Å². The molecule has 4 aromatic rings. The third kappa shape index (κ3) is 6.23. The molecule has 0 spiro atoms. The van der Waals surface area contributed by atoms with Gasteiger partial charge >= 0.3 is 0 Å². The van der Waals surface area contributed by atoms with Gasteiger partial charge in [-0.25, -0.2) is 4.98 Å². The van der Waals surface area contributed by atoms with E-state index in [4.69, 9.17) is 19.2 Å². The number of hydrogen-bond acceptors (Lipinski definition) is 5. The van der Waals surface area contributed by atoms with Crippen LogP contribution in [0.3, 0.4) is 0 Å². The van der Waals surface area contributed by atoms with Crippen LogP contribution in [-0.2, 0) is 13.0 Å². The van der Waals surface area contributed by atoms with Gasteiger partial charge in [0.25, 0.3) is 5.91 Å². The number of para-hydroxylation sites is 2. The highest BCUT2D eigenvalue weighted by Gasteiger charge is 2.20. The second-order valence-electron chi connectivity index (χ2n) is 8.93. The molecule has 1 amide bonds. The Balaban J connectivity index is 1.42. The first-order chi connectivity index (χ1) is 18.0. The number of fused-ring (bicyclic) bond motifs is 1. The first kappa shape index (κ1) is 26.1. The molecular formula is C30H35N3O4. The van der Waals surface area contributed by atoms with Gasteiger partial charge in [-0.1, -0.05) is 31.2 Å². The Morgan fingerprint density at radius 3 is 2.46 bits per heavy atom. The third-order valence-corrected chi connectivity index (χ3v) is 6.44. The molecular weight excluding hydrogens is 466 g/mol. The van der Waals surface area contributed by atoms with E-state index in [1.54, 1.807) is 32.4 Å². The number of ether oxygens (including phenoxy) is 3. The Labute approximate surface area is 218 Å². The molecule has 1 heterocycles. The van der Waals surface area contributed by atoms with Crippen molar-refractivity contribution in [1.29, 1.82) is 0 Å². The van der Waals surface area contributed by atoms with Crippen molar-refractivity contribution < 1.29 is 19.0 Å². The van der Waals surface area contributed by atoms with Crippen LogP contribution in [0, 0.1) is 0 Å². The summed E-state index contributed by atoms with van der Waals surface area (Å²) in [4.78, 5) is 17.9. The van der Waals surface area contributed by atoms with E-state index in [9.17, 15) is 4.79 Å². The molecule has 1 atom stereocenters. The van der Waals surface area contributed by atoms with Crippen molar-refractivity contribution in [2.24, 2.45) is 0 Å². The molecule has 0 bridgehead atoms. The summed E-state index contributed by atoms with van der Waals surface area (Å²) in [7, 11) is 3.12. The first-order valence-electron chi connectivity index (χ1n) is 12.7. The van der Waals surface area contributed by atoms with Gasteiger partial charge in [0, 0.05) is 12.1 Å². The molecule has 0 aliphatic rings. The minimum absolute atomic E-state index is 0.199. The van der Waals surface area contributed by atoms with Crippen molar-refractivity contribution in [3.63, 3.8) is 0 Å². The van der Waals surface area contributed by atoms with Gasteiger partial charge < -0.3 is 24.1 Å². The molecule has 3 aromatic carbocycles. The van der Waals surface area contributed by atoms with E-state index in [0.717, 1.165) is 48.4 Å². The molecule has 7 heteroatoms. The number of carbonyl (C=O) groups is 1. The average molecular weight is 502 g/mol. The Hall–Kier alpha value is -4.00. The van der Waals surface area contributed by atoms with Crippen LogP contribution in [0.15, 0.2) is 66.7 Å². The topological polar surface area (TPSA) is 74.6 Å². The van der Waals surface area contributed by atoms with Crippen molar-refractivity contribution in [1.82, 2.24) is 14.9 Å². The normalized spacial score (nSPS) is 11.8. The SMILES string of the molecule is CCc1ccc(OCCCCn2c(C(C)NC(=O)c3ccc(OC)c(OC)c3)nc3ccccc32)cc1. The van der Waals surface area contributed by atoms with Gasteiger partial charge in [-0.3, -0.25) is 4.79 Å². The number of imidazole rings is 1. The molecule has 0 aliphatic carbocycles. The summed E-state index contributed by atoms with van der Waals surface area (Å²) in [5, 5.41) is 3.09. The molecule has 0 saturated heterocycles. The fourth-order valence-corrected chi connectivity index (χ4v) is 4.37. The van der Waals surface area contributed by atoms with E-state index in [2.05, 4.69) is 35.0 Å². The number of amides is 1. The number of unbranched alkanes of at least 4 members (excludes halogenated alkanes) is 1. The number of hydrogen-bond donors (Lipinski definition) is 1. The minimum Gasteiger partial charge on any atom is -0.494 e. The van der Waals surface area contributed by atoms with E-state index < -0.39 is 0 Å². The molecule has 1 N–H and O–H groups in total. The second kappa shape index (κ2) is 12.3. The lowest BCUT2D eigenvalue weighted by atomic mass is 10.1. The van der Waals surface area contributed by atoms with Crippen molar-refractivity contribution in [2.45, 2.75) is 45.7 Å². The van der Waals surface area contributed by atoms with Crippen LogP contribution in [0.5, 0.6) is 17.2 Å². The van der Waals surface area contributed by atoms with Crippen LogP contribution < -0.4 is 19.5 Å². The lowest BCUT2D eigenvalue weighted by Gasteiger charge is -2.17. The number of aromatic nitrogens is 2. The number of methoxy groups -OCH3 is 2. The minimum atomic E-state index is -0.290. The van der Waals surface area contributed by atoms with Crippen molar-refractivity contribution in [3.8, 4) is 17.2 Å². The number of nitrogens with zero attached hydrogens (tertiary/aromatic N) is 2. The first-order valence-corrected chi connectivity index (χ1v) is 12.7. The van der Waals surface area contributed by atoms with E-state index in [0.29, 0.717) is 23.7 Å². The van der Waals surface area contributed by atoms with Gasteiger partial charge in [0.05, 0.1) is 37.9 Å². The maximum Gasteiger partial charge on any atom is 0.251 e. The molecule has 0 saturated carbocycles. The van der Waals surface area contributed by atoms with Gasteiger partial charge in [-0.05, 0) is 74.2 Å². The fourth-order valence-electron chi connectivity index (χ4n) is 4.37. The molecule has 0 aliphatic heterocycles. The molecule has 1 aromatic heterocycles. The summed E-state index contributed by atoms with van der Waals surface area (Å²) in [6.07, 6.45) is 2.86. The van der Waals surface area contributed by atoms with E-state index in [-0.39, 0.29) is 11.9 Å². The number of rotatable bonds is 12. The molecule has 0 fully saturated rings. The Morgan fingerprint density at radius 2 is 1.73 bits per heavy atom. The van der Waals surface area contributed by atoms with Gasteiger partial charge in [0.2, 0.25) is 0 Å². The van der Waals surface area contributed by atoms with E-state index >= 15 is 0 Å². The second-order valence-corrected chi connectivity index (χ2v) is 8.93. The van der Waals surface area contributed by atoms with Gasteiger partial charge in [-0.15, -0.1) is 0 Å². The van der Waals surface area contributed by atoms with Gasteiger partial charge in [0.1, 0.15) is 11.6 Å². The van der Waals surface area contributed by atoms with Crippen LogP contribution >= 0.6 is 0 Å². The third-order valence-electron chi connectivity index (χ3n) is 6.44.